The van der Waals surface area contributed by atoms with Crippen LogP contribution in [0, 0.1) is 21.4 Å². The van der Waals surface area contributed by atoms with Gasteiger partial charge in [-0.2, -0.15) is 5.26 Å². The van der Waals surface area contributed by atoms with Crippen molar-refractivity contribution in [2.45, 2.75) is 20.0 Å². The monoisotopic (exact) mass is 495 g/mol. The molecule has 1 N–H and O–H groups in total. The van der Waals surface area contributed by atoms with Crippen molar-refractivity contribution in [3.8, 4) is 23.1 Å². The largest absolute Gasteiger partial charge is 0.491 e. The third kappa shape index (κ3) is 5.62. The summed E-state index contributed by atoms with van der Waals surface area (Å²) >= 11 is 3.30. The number of amides is 1. The number of hydrogen-bond donors (Lipinski definition) is 1. The number of nitro groups is 1. The van der Waals surface area contributed by atoms with Crippen LogP contribution in [0.15, 0.2) is 69.1 Å². The van der Waals surface area contributed by atoms with Crippen LogP contribution in [0.5, 0.6) is 5.75 Å². The van der Waals surface area contributed by atoms with E-state index in [1.165, 1.54) is 18.2 Å². The molecule has 0 saturated heterocycles. The number of ether oxygens (including phenoxy) is 1. The SMILES string of the molecule is CC(C)Oc1cccc(NC(=O)/C(C#N)=C/c2ccc(-c3ccc([N+](=O)[O-])cc3Br)o2)c1. The van der Waals surface area contributed by atoms with Crippen LogP contribution >= 0.6 is 15.9 Å². The van der Waals surface area contributed by atoms with Crippen LogP contribution in [0.1, 0.15) is 19.6 Å². The van der Waals surface area contributed by atoms with Crippen LogP contribution in [0.25, 0.3) is 17.4 Å². The topological polar surface area (TPSA) is 118 Å². The number of nitriles is 1. The van der Waals surface area contributed by atoms with Gasteiger partial charge >= 0.3 is 0 Å². The predicted molar refractivity (Wildman–Crippen MR) is 123 cm³/mol. The molecule has 9 heteroatoms. The predicted octanol–water partition coefficient (Wildman–Crippen LogP) is 5.95. The Hall–Kier alpha value is -3.90. The number of rotatable bonds is 7. The number of carbonyl (C=O) groups is 1. The quantitative estimate of drug-likeness (QED) is 0.187. The van der Waals surface area contributed by atoms with Crippen LogP contribution in [-0.4, -0.2) is 16.9 Å². The fraction of sp³-hybridized carbons (Fsp3) is 0.130. The molecule has 0 aliphatic carbocycles. The van der Waals surface area contributed by atoms with Gasteiger partial charge in [0.15, 0.2) is 0 Å². The molecule has 162 valence electrons. The first-order valence-electron chi connectivity index (χ1n) is 9.51. The summed E-state index contributed by atoms with van der Waals surface area (Å²) in [5.41, 5.74) is 0.881. The van der Waals surface area contributed by atoms with Crippen molar-refractivity contribution in [3.63, 3.8) is 0 Å². The molecular weight excluding hydrogens is 478 g/mol. The number of nitro benzene ring substituents is 1. The molecule has 0 aliphatic heterocycles. The van der Waals surface area contributed by atoms with Crippen molar-refractivity contribution in [1.82, 2.24) is 0 Å². The molecule has 1 amide bonds. The minimum atomic E-state index is -0.594. The molecule has 32 heavy (non-hydrogen) atoms. The standard InChI is InChI=1S/C23H18BrN3O5/c1-14(2)31-18-5-3-4-16(11-18)26-23(28)15(13-25)10-19-7-9-22(32-19)20-8-6-17(27(29)30)12-21(20)24/h3-12,14H,1-2H3,(H,26,28)/b15-10+. The van der Waals surface area contributed by atoms with E-state index < -0.39 is 10.8 Å². The zero-order chi connectivity index (χ0) is 23.3. The van der Waals surface area contributed by atoms with Crippen molar-refractivity contribution in [1.29, 1.82) is 5.26 Å². The lowest BCUT2D eigenvalue weighted by Gasteiger charge is -2.11. The highest BCUT2D eigenvalue weighted by atomic mass is 79.9. The Morgan fingerprint density at radius 3 is 2.69 bits per heavy atom. The van der Waals surface area contributed by atoms with Crippen LogP contribution in [0.2, 0.25) is 0 Å². The van der Waals surface area contributed by atoms with E-state index in [-0.39, 0.29) is 23.1 Å². The molecule has 0 bridgehead atoms. The normalized spacial score (nSPS) is 11.2. The Labute approximate surface area is 192 Å². The molecule has 0 atom stereocenters. The first-order chi connectivity index (χ1) is 15.3. The number of nitrogens with zero attached hydrogens (tertiary/aromatic N) is 2. The average Bonchev–Trinajstić information content (AvgIpc) is 3.19. The number of nitrogens with one attached hydrogen (secondary N) is 1. The highest BCUT2D eigenvalue weighted by Gasteiger charge is 2.15. The average molecular weight is 496 g/mol. The van der Waals surface area contributed by atoms with Crippen LogP contribution in [-0.2, 0) is 4.79 Å². The summed E-state index contributed by atoms with van der Waals surface area (Å²) in [5, 5.41) is 23.0. The number of hydrogen-bond acceptors (Lipinski definition) is 6. The summed E-state index contributed by atoms with van der Waals surface area (Å²) in [6.45, 7) is 3.79. The molecule has 8 nitrogen and oxygen atoms in total. The molecule has 3 rings (SSSR count). The van der Waals surface area contributed by atoms with Crippen molar-refractivity contribution in [2.24, 2.45) is 0 Å². The van der Waals surface area contributed by atoms with Crippen molar-refractivity contribution >= 4 is 39.3 Å². The number of non-ortho nitro benzene ring substituents is 1. The molecule has 0 radical (unpaired) electrons. The van der Waals surface area contributed by atoms with E-state index in [0.29, 0.717) is 27.2 Å². The smallest absolute Gasteiger partial charge is 0.270 e. The van der Waals surface area contributed by atoms with Gasteiger partial charge in [-0.05, 0) is 60.1 Å². The zero-order valence-corrected chi connectivity index (χ0v) is 18.8. The third-order valence-corrected chi connectivity index (χ3v) is 4.83. The van der Waals surface area contributed by atoms with Crippen LogP contribution < -0.4 is 10.1 Å². The summed E-state index contributed by atoms with van der Waals surface area (Å²) in [4.78, 5) is 23.0. The van der Waals surface area contributed by atoms with E-state index >= 15 is 0 Å². The number of carbonyl (C=O) groups excluding carboxylic acids is 1. The molecule has 1 heterocycles. The van der Waals surface area contributed by atoms with E-state index in [4.69, 9.17) is 9.15 Å². The number of benzene rings is 2. The maximum absolute atomic E-state index is 12.6. The van der Waals surface area contributed by atoms with E-state index in [1.807, 2.05) is 19.9 Å². The number of halogens is 1. The van der Waals surface area contributed by atoms with Crippen molar-refractivity contribution in [3.05, 3.63) is 80.5 Å². The summed E-state index contributed by atoms with van der Waals surface area (Å²) in [7, 11) is 0. The first-order valence-corrected chi connectivity index (χ1v) is 10.3. The van der Waals surface area contributed by atoms with Gasteiger partial charge < -0.3 is 14.5 Å². The fourth-order valence-corrected chi connectivity index (χ4v) is 3.36. The van der Waals surface area contributed by atoms with Gasteiger partial charge in [0, 0.05) is 40.0 Å². The lowest BCUT2D eigenvalue weighted by atomic mass is 10.1. The molecule has 0 fully saturated rings. The Morgan fingerprint density at radius 1 is 1.25 bits per heavy atom. The van der Waals surface area contributed by atoms with Crippen LogP contribution in [0.4, 0.5) is 11.4 Å². The van der Waals surface area contributed by atoms with Gasteiger partial charge in [-0.25, -0.2) is 0 Å². The van der Waals surface area contributed by atoms with Crippen molar-refractivity contribution in [2.75, 3.05) is 5.32 Å². The second-order valence-corrected chi connectivity index (χ2v) is 7.80. The van der Waals surface area contributed by atoms with E-state index in [1.54, 1.807) is 42.5 Å². The van der Waals surface area contributed by atoms with Gasteiger partial charge in [0.2, 0.25) is 0 Å². The molecule has 0 unspecified atom stereocenters. The Balaban J connectivity index is 1.79. The van der Waals surface area contributed by atoms with Gasteiger partial charge in [0.05, 0.1) is 11.0 Å². The molecule has 3 aromatic rings. The van der Waals surface area contributed by atoms with Gasteiger partial charge in [-0.3, -0.25) is 14.9 Å². The summed E-state index contributed by atoms with van der Waals surface area (Å²) in [6.07, 6.45) is 1.31. The number of furan rings is 1. The Kier molecular flexibility index (Phi) is 7.07. The Morgan fingerprint density at radius 2 is 2.03 bits per heavy atom. The summed E-state index contributed by atoms with van der Waals surface area (Å²) < 4.78 is 11.8. The molecule has 1 aromatic heterocycles. The Bertz CT molecular complexity index is 1240. The molecule has 2 aromatic carbocycles. The molecule has 0 aliphatic rings. The van der Waals surface area contributed by atoms with Gasteiger partial charge in [0.1, 0.15) is 28.9 Å². The summed E-state index contributed by atoms with van der Waals surface area (Å²) in [6, 6.07) is 16.3. The van der Waals surface area contributed by atoms with E-state index in [0.717, 1.165) is 0 Å². The highest BCUT2D eigenvalue weighted by molar-refractivity contribution is 9.10. The lowest BCUT2D eigenvalue weighted by Crippen LogP contribution is -2.13. The van der Waals surface area contributed by atoms with Gasteiger partial charge in [-0.1, -0.05) is 6.07 Å². The van der Waals surface area contributed by atoms with Crippen molar-refractivity contribution < 1.29 is 18.9 Å². The molecule has 0 spiro atoms. The maximum atomic E-state index is 12.6. The maximum Gasteiger partial charge on any atom is 0.270 e. The van der Waals surface area contributed by atoms with Gasteiger partial charge in [-0.15, -0.1) is 0 Å². The molecule has 0 saturated carbocycles. The highest BCUT2D eigenvalue weighted by Crippen LogP contribution is 2.33. The van der Waals surface area contributed by atoms with Crippen LogP contribution in [0.3, 0.4) is 0 Å². The molecular formula is C23H18BrN3O5. The second-order valence-electron chi connectivity index (χ2n) is 6.94. The fourth-order valence-electron chi connectivity index (χ4n) is 2.80. The van der Waals surface area contributed by atoms with E-state index in [2.05, 4.69) is 21.2 Å². The van der Waals surface area contributed by atoms with E-state index in [9.17, 15) is 20.2 Å². The zero-order valence-electron chi connectivity index (χ0n) is 17.2. The second kappa shape index (κ2) is 9.94. The summed E-state index contributed by atoms with van der Waals surface area (Å²) in [5.74, 6) is 0.719. The minimum absolute atomic E-state index is 0.0144. The minimum Gasteiger partial charge on any atom is -0.491 e. The third-order valence-electron chi connectivity index (χ3n) is 4.17. The first kappa shape index (κ1) is 22.8. The lowest BCUT2D eigenvalue weighted by molar-refractivity contribution is -0.384. The number of anilines is 1. The van der Waals surface area contributed by atoms with Gasteiger partial charge in [0.25, 0.3) is 11.6 Å².